The Morgan fingerprint density at radius 2 is 1.87 bits per heavy atom. The van der Waals surface area contributed by atoms with Gasteiger partial charge in [0.2, 0.25) is 0 Å². The predicted octanol–water partition coefficient (Wildman–Crippen LogP) is 1.66. The summed E-state index contributed by atoms with van der Waals surface area (Å²) in [6, 6.07) is 8.63. The lowest BCUT2D eigenvalue weighted by Gasteiger charge is -2.06. The summed E-state index contributed by atoms with van der Waals surface area (Å²) in [5.41, 5.74) is 0.514. The molecule has 0 saturated heterocycles. The van der Waals surface area contributed by atoms with Crippen LogP contribution in [0.3, 0.4) is 0 Å². The van der Waals surface area contributed by atoms with Crippen molar-refractivity contribution in [2.24, 2.45) is 5.92 Å². The van der Waals surface area contributed by atoms with E-state index < -0.39 is 5.92 Å². The van der Waals surface area contributed by atoms with E-state index in [0.717, 1.165) is 6.29 Å². The van der Waals surface area contributed by atoms with Crippen LogP contribution in [0.25, 0.3) is 0 Å². The average molecular weight is 204 g/mol. The minimum Gasteiger partial charge on any atom is -0.303 e. The Hall–Kier alpha value is -1.77. The fraction of sp³-hybridized carbons (Fsp3) is 0.250. The zero-order valence-electron chi connectivity index (χ0n) is 8.26. The topological polar surface area (TPSA) is 51.2 Å². The molecule has 1 atom stereocenters. The average Bonchev–Trinajstić information content (AvgIpc) is 2.31. The zero-order chi connectivity index (χ0) is 11.1. The summed E-state index contributed by atoms with van der Waals surface area (Å²) in [6.45, 7) is 0. The van der Waals surface area contributed by atoms with Crippen LogP contribution in [0.1, 0.15) is 23.2 Å². The van der Waals surface area contributed by atoms with Crippen LogP contribution in [0.15, 0.2) is 30.3 Å². The van der Waals surface area contributed by atoms with Gasteiger partial charge in [-0.25, -0.2) is 0 Å². The number of hydrogen-bond acceptors (Lipinski definition) is 3. The van der Waals surface area contributed by atoms with Gasteiger partial charge in [-0.15, -0.1) is 0 Å². The SMILES string of the molecule is O=CCCC(C=O)C(=O)c1ccccc1. The third-order valence-electron chi connectivity index (χ3n) is 2.15. The summed E-state index contributed by atoms with van der Waals surface area (Å²) in [7, 11) is 0. The van der Waals surface area contributed by atoms with Gasteiger partial charge in [0.15, 0.2) is 5.78 Å². The van der Waals surface area contributed by atoms with E-state index in [1.165, 1.54) is 0 Å². The number of ketones is 1. The van der Waals surface area contributed by atoms with Gasteiger partial charge in [0.05, 0.1) is 5.92 Å². The lowest BCUT2D eigenvalue weighted by Crippen LogP contribution is -2.16. The van der Waals surface area contributed by atoms with E-state index in [0.29, 0.717) is 18.3 Å². The van der Waals surface area contributed by atoms with Gasteiger partial charge in [-0.2, -0.15) is 0 Å². The van der Waals surface area contributed by atoms with Crippen molar-refractivity contribution in [2.75, 3.05) is 0 Å². The van der Waals surface area contributed by atoms with Crippen LogP contribution in [0.4, 0.5) is 0 Å². The Bertz CT molecular complexity index is 343. The maximum Gasteiger partial charge on any atom is 0.173 e. The third kappa shape index (κ3) is 3.13. The minimum absolute atomic E-state index is 0.215. The van der Waals surface area contributed by atoms with E-state index in [1.54, 1.807) is 30.3 Å². The summed E-state index contributed by atoms with van der Waals surface area (Å²) in [6.07, 6.45) is 1.86. The van der Waals surface area contributed by atoms with Gasteiger partial charge in [0.25, 0.3) is 0 Å². The van der Waals surface area contributed by atoms with Crippen LogP contribution >= 0.6 is 0 Å². The van der Waals surface area contributed by atoms with Crippen molar-refractivity contribution in [1.29, 1.82) is 0 Å². The second-order valence-electron chi connectivity index (χ2n) is 3.22. The maximum absolute atomic E-state index is 11.7. The molecule has 1 unspecified atom stereocenters. The van der Waals surface area contributed by atoms with Crippen molar-refractivity contribution in [3.05, 3.63) is 35.9 Å². The van der Waals surface area contributed by atoms with E-state index in [-0.39, 0.29) is 12.2 Å². The van der Waals surface area contributed by atoms with Crippen LogP contribution in [-0.4, -0.2) is 18.4 Å². The number of Topliss-reactive ketones (excluding diaryl/α,β-unsaturated/α-hetero) is 1. The number of aldehydes is 2. The molecule has 1 aromatic rings. The molecule has 15 heavy (non-hydrogen) atoms. The minimum atomic E-state index is -0.697. The summed E-state index contributed by atoms with van der Waals surface area (Å²) in [4.78, 5) is 32.6. The molecule has 0 saturated carbocycles. The fourth-order valence-corrected chi connectivity index (χ4v) is 1.33. The molecule has 0 aliphatic heterocycles. The summed E-state index contributed by atoms with van der Waals surface area (Å²) in [5.74, 6) is -0.912. The van der Waals surface area contributed by atoms with Crippen molar-refractivity contribution in [2.45, 2.75) is 12.8 Å². The number of benzene rings is 1. The van der Waals surface area contributed by atoms with E-state index in [4.69, 9.17) is 0 Å². The van der Waals surface area contributed by atoms with Crippen LogP contribution < -0.4 is 0 Å². The molecular formula is C12H12O3. The normalized spacial score (nSPS) is 11.7. The number of carbonyl (C=O) groups is 3. The summed E-state index contributed by atoms with van der Waals surface area (Å²) < 4.78 is 0. The zero-order valence-corrected chi connectivity index (χ0v) is 8.26. The maximum atomic E-state index is 11.7. The number of rotatable bonds is 6. The molecule has 3 heteroatoms. The van der Waals surface area contributed by atoms with Gasteiger partial charge in [-0.1, -0.05) is 30.3 Å². The highest BCUT2D eigenvalue weighted by molar-refractivity contribution is 6.05. The van der Waals surface area contributed by atoms with Crippen LogP contribution in [0.2, 0.25) is 0 Å². The lowest BCUT2D eigenvalue weighted by molar-refractivity contribution is -0.110. The first-order valence-corrected chi connectivity index (χ1v) is 4.77. The van der Waals surface area contributed by atoms with Crippen molar-refractivity contribution < 1.29 is 14.4 Å². The van der Waals surface area contributed by atoms with Gasteiger partial charge in [-0.05, 0) is 6.42 Å². The molecule has 0 aliphatic rings. The monoisotopic (exact) mass is 204 g/mol. The standard InChI is InChI=1S/C12H12O3/c13-8-4-7-11(9-14)12(15)10-5-2-1-3-6-10/h1-3,5-6,8-9,11H,4,7H2. The molecular weight excluding hydrogens is 192 g/mol. The molecule has 0 radical (unpaired) electrons. The highest BCUT2D eigenvalue weighted by Gasteiger charge is 2.18. The van der Waals surface area contributed by atoms with Crippen LogP contribution in [0, 0.1) is 5.92 Å². The Labute approximate surface area is 88.1 Å². The Morgan fingerprint density at radius 1 is 1.20 bits per heavy atom. The first kappa shape index (κ1) is 11.3. The lowest BCUT2D eigenvalue weighted by atomic mass is 9.95. The third-order valence-corrected chi connectivity index (χ3v) is 2.15. The molecule has 0 heterocycles. The second kappa shape index (κ2) is 5.86. The summed E-state index contributed by atoms with van der Waals surface area (Å²) >= 11 is 0. The van der Waals surface area contributed by atoms with E-state index in [1.807, 2.05) is 0 Å². The van der Waals surface area contributed by atoms with Crippen molar-refractivity contribution in [3.63, 3.8) is 0 Å². The first-order chi connectivity index (χ1) is 7.29. The van der Waals surface area contributed by atoms with E-state index >= 15 is 0 Å². The van der Waals surface area contributed by atoms with Crippen LogP contribution in [-0.2, 0) is 9.59 Å². The highest BCUT2D eigenvalue weighted by atomic mass is 16.1. The van der Waals surface area contributed by atoms with E-state index in [2.05, 4.69) is 0 Å². The number of carbonyl (C=O) groups excluding carboxylic acids is 3. The van der Waals surface area contributed by atoms with Crippen molar-refractivity contribution in [3.8, 4) is 0 Å². The van der Waals surface area contributed by atoms with Gasteiger partial charge >= 0.3 is 0 Å². The van der Waals surface area contributed by atoms with Crippen molar-refractivity contribution in [1.82, 2.24) is 0 Å². The van der Waals surface area contributed by atoms with Gasteiger partial charge < -0.3 is 9.59 Å². The summed E-state index contributed by atoms with van der Waals surface area (Å²) in [5, 5.41) is 0. The quantitative estimate of drug-likeness (QED) is 0.402. The van der Waals surface area contributed by atoms with Gasteiger partial charge in [-0.3, -0.25) is 4.79 Å². The molecule has 1 aromatic carbocycles. The second-order valence-corrected chi connectivity index (χ2v) is 3.22. The van der Waals surface area contributed by atoms with Crippen LogP contribution in [0.5, 0.6) is 0 Å². The Morgan fingerprint density at radius 3 is 2.40 bits per heavy atom. The fourth-order valence-electron chi connectivity index (χ4n) is 1.33. The molecule has 78 valence electrons. The van der Waals surface area contributed by atoms with E-state index in [9.17, 15) is 14.4 Å². The van der Waals surface area contributed by atoms with Crippen molar-refractivity contribution >= 4 is 18.4 Å². The van der Waals surface area contributed by atoms with Gasteiger partial charge in [0, 0.05) is 12.0 Å². The number of hydrogen-bond donors (Lipinski definition) is 0. The Kier molecular flexibility index (Phi) is 4.41. The molecule has 1 rings (SSSR count). The molecule has 0 aromatic heterocycles. The molecule has 0 spiro atoms. The molecule has 0 bridgehead atoms. The first-order valence-electron chi connectivity index (χ1n) is 4.77. The molecule has 3 nitrogen and oxygen atoms in total. The molecule has 0 N–H and O–H groups in total. The largest absolute Gasteiger partial charge is 0.303 e. The van der Waals surface area contributed by atoms with Gasteiger partial charge in [0.1, 0.15) is 12.6 Å². The smallest absolute Gasteiger partial charge is 0.173 e. The highest BCUT2D eigenvalue weighted by Crippen LogP contribution is 2.11. The Balaban J connectivity index is 2.73. The molecule has 0 aliphatic carbocycles. The predicted molar refractivity (Wildman–Crippen MR) is 55.6 cm³/mol. The molecule has 0 amide bonds. The molecule has 0 fully saturated rings.